The van der Waals surface area contributed by atoms with Gasteiger partial charge >= 0.3 is 0 Å². The van der Waals surface area contributed by atoms with Crippen molar-refractivity contribution in [1.29, 1.82) is 5.26 Å². The van der Waals surface area contributed by atoms with Crippen LogP contribution in [0, 0.1) is 17.2 Å². The molecule has 2 atom stereocenters. The number of piperidine rings is 1. The maximum absolute atomic E-state index is 9.47. The minimum atomic E-state index is 0.667. The van der Waals surface area contributed by atoms with Crippen molar-refractivity contribution < 1.29 is 0 Å². The van der Waals surface area contributed by atoms with Crippen LogP contribution in [0.1, 0.15) is 18.4 Å². The highest BCUT2D eigenvalue weighted by Crippen LogP contribution is 2.34. The molecule has 4 rings (SSSR count). The third kappa shape index (κ3) is 2.05. The van der Waals surface area contributed by atoms with Gasteiger partial charge in [-0.3, -0.25) is 4.98 Å². The smallest absolute Gasteiger partial charge is 0.103 e. The molecule has 0 aliphatic carbocycles. The van der Waals surface area contributed by atoms with Crippen LogP contribution in [0.3, 0.4) is 0 Å². The molecule has 0 spiro atoms. The van der Waals surface area contributed by atoms with Crippen molar-refractivity contribution in [2.24, 2.45) is 5.92 Å². The lowest BCUT2D eigenvalue weighted by molar-refractivity contribution is 0.376. The molecule has 0 bridgehead atoms. The first-order valence-electron chi connectivity index (χ1n) is 7.63. The number of benzene rings is 1. The number of pyridine rings is 1. The Labute approximate surface area is 124 Å². The molecule has 3 heterocycles. The molecular formula is C17H18N4. The van der Waals surface area contributed by atoms with Gasteiger partial charge in [-0.25, -0.2) is 0 Å². The maximum atomic E-state index is 9.47. The van der Waals surface area contributed by atoms with Gasteiger partial charge in [0, 0.05) is 30.7 Å². The number of fused-ring (bicyclic) bond motifs is 2. The van der Waals surface area contributed by atoms with Crippen molar-refractivity contribution >= 4 is 16.6 Å². The van der Waals surface area contributed by atoms with E-state index in [4.69, 9.17) is 0 Å². The van der Waals surface area contributed by atoms with E-state index in [-0.39, 0.29) is 0 Å². The number of anilines is 1. The van der Waals surface area contributed by atoms with Gasteiger partial charge in [-0.05, 0) is 31.4 Å². The third-order valence-corrected chi connectivity index (χ3v) is 4.84. The number of para-hydroxylation sites is 1. The van der Waals surface area contributed by atoms with Crippen molar-refractivity contribution in [2.45, 2.75) is 18.9 Å². The number of aromatic nitrogens is 1. The van der Waals surface area contributed by atoms with Crippen molar-refractivity contribution in [3.05, 3.63) is 36.0 Å². The summed E-state index contributed by atoms with van der Waals surface area (Å²) in [6.07, 6.45) is 4.12. The highest BCUT2D eigenvalue weighted by Gasteiger charge is 2.33. The fourth-order valence-electron chi connectivity index (χ4n) is 3.80. The second kappa shape index (κ2) is 5.01. The highest BCUT2D eigenvalue weighted by atomic mass is 15.2. The number of hydrogen-bond acceptors (Lipinski definition) is 4. The SMILES string of the molecule is N#Cc1cnc2ccccc2c1N1CCC2NCCC2C1. The summed E-state index contributed by atoms with van der Waals surface area (Å²) in [5.41, 5.74) is 2.74. The topological polar surface area (TPSA) is 52.0 Å². The van der Waals surface area contributed by atoms with Gasteiger partial charge in [0.25, 0.3) is 0 Å². The molecule has 4 heteroatoms. The van der Waals surface area contributed by atoms with E-state index >= 15 is 0 Å². The molecule has 1 aromatic carbocycles. The first kappa shape index (κ1) is 12.6. The molecule has 2 unspecified atom stereocenters. The molecule has 2 aromatic rings. The van der Waals surface area contributed by atoms with E-state index in [1.165, 1.54) is 6.42 Å². The number of nitrogens with zero attached hydrogens (tertiary/aromatic N) is 3. The zero-order valence-corrected chi connectivity index (χ0v) is 11.9. The van der Waals surface area contributed by atoms with Crippen LogP contribution in [0.2, 0.25) is 0 Å². The molecule has 21 heavy (non-hydrogen) atoms. The Hall–Kier alpha value is -2.12. The van der Waals surface area contributed by atoms with Crippen LogP contribution in [0.5, 0.6) is 0 Å². The molecule has 2 aliphatic rings. The van der Waals surface area contributed by atoms with Crippen LogP contribution in [-0.4, -0.2) is 30.7 Å². The molecule has 2 fully saturated rings. The summed E-state index contributed by atoms with van der Waals surface area (Å²) in [7, 11) is 0. The Balaban J connectivity index is 1.80. The normalized spacial score (nSPS) is 24.8. The minimum absolute atomic E-state index is 0.667. The van der Waals surface area contributed by atoms with Crippen LogP contribution in [0.25, 0.3) is 10.9 Å². The molecule has 0 amide bonds. The maximum Gasteiger partial charge on any atom is 0.103 e. The lowest BCUT2D eigenvalue weighted by Gasteiger charge is -2.37. The van der Waals surface area contributed by atoms with Gasteiger partial charge in [0.05, 0.1) is 16.8 Å². The molecule has 2 saturated heterocycles. The van der Waals surface area contributed by atoms with Crippen molar-refractivity contribution in [2.75, 3.05) is 24.5 Å². The average molecular weight is 278 g/mol. The summed E-state index contributed by atoms with van der Waals surface area (Å²) >= 11 is 0. The van der Waals surface area contributed by atoms with Crippen LogP contribution < -0.4 is 10.2 Å². The van der Waals surface area contributed by atoms with Crippen LogP contribution in [-0.2, 0) is 0 Å². The van der Waals surface area contributed by atoms with Crippen molar-refractivity contribution in [3.8, 4) is 6.07 Å². The predicted molar refractivity (Wildman–Crippen MR) is 83.2 cm³/mol. The van der Waals surface area contributed by atoms with Crippen molar-refractivity contribution in [3.63, 3.8) is 0 Å². The largest absolute Gasteiger partial charge is 0.369 e. The molecule has 1 aromatic heterocycles. The van der Waals surface area contributed by atoms with Crippen LogP contribution in [0.4, 0.5) is 5.69 Å². The van der Waals surface area contributed by atoms with E-state index < -0.39 is 0 Å². The molecule has 0 radical (unpaired) electrons. The molecule has 106 valence electrons. The number of nitrogens with one attached hydrogen (secondary N) is 1. The zero-order valence-electron chi connectivity index (χ0n) is 11.9. The Bertz CT molecular complexity index is 718. The molecule has 2 aliphatic heterocycles. The summed E-state index contributed by atoms with van der Waals surface area (Å²) in [6.45, 7) is 3.18. The number of rotatable bonds is 1. The van der Waals surface area contributed by atoms with Gasteiger partial charge in [0.1, 0.15) is 6.07 Å². The third-order valence-electron chi connectivity index (χ3n) is 4.84. The molecule has 0 saturated carbocycles. The van der Waals surface area contributed by atoms with E-state index in [2.05, 4.69) is 27.3 Å². The lowest BCUT2D eigenvalue weighted by Crippen LogP contribution is -2.44. The van der Waals surface area contributed by atoms with Crippen LogP contribution >= 0.6 is 0 Å². The van der Waals surface area contributed by atoms with Crippen molar-refractivity contribution in [1.82, 2.24) is 10.3 Å². The van der Waals surface area contributed by atoms with Gasteiger partial charge in [-0.2, -0.15) is 5.26 Å². The van der Waals surface area contributed by atoms with Gasteiger partial charge < -0.3 is 10.2 Å². The first-order valence-corrected chi connectivity index (χ1v) is 7.63. The first-order chi connectivity index (χ1) is 10.4. The summed E-state index contributed by atoms with van der Waals surface area (Å²) < 4.78 is 0. The van der Waals surface area contributed by atoms with Gasteiger partial charge in [-0.1, -0.05) is 18.2 Å². The minimum Gasteiger partial charge on any atom is -0.369 e. The Kier molecular flexibility index (Phi) is 3.01. The molecular weight excluding hydrogens is 260 g/mol. The zero-order chi connectivity index (χ0) is 14.2. The standard InChI is InChI=1S/C17H18N4/c18-9-13-10-20-16-4-2-1-3-14(16)17(13)21-8-6-15-12(11-21)5-7-19-15/h1-4,10,12,15,19H,5-8,11H2. The quantitative estimate of drug-likeness (QED) is 0.869. The average Bonchev–Trinajstić information content (AvgIpc) is 3.01. The lowest BCUT2D eigenvalue weighted by atomic mass is 9.92. The summed E-state index contributed by atoms with van der Waals surface area (Å²) in [4.78, 5) is 6.81. The Morgan fingerprint density at radius 1 is 1.29 bits per heavy atom. The molecule has 4 nitrogen and oxygen atoms in total. The Morgan fingerprint density at radius 2 is 2.19 bits per heavy atom. The fourth-order valence-corrected chi connectivity index (χ4v) is 3.80. The van der Waals surface area contributed by atoms with E-state index in [9.17, 15) is 5.26 Å². The van der Waals surface area contributed by atoms with E-state index in [0.29, 0.717) is 17.5 Å². The van der Waals surface area contributed by atoms with Gasteiger partial charge in [-0.15, -0.1) is 0 Å². The predicted octanol–water partition coefficient (Wildman–Crippen LogP) is 2.29. The second-order valence-electron chi connectivity index (χ2n) is 5.99. The number of nitriles is 1. The van der Waals surface area contributed by atoms with Crippen LogP contribution in [0.15, 0.2) is 30.5 Å². The Morgan fingerprint density at radius 3 is 3.10 bits per heavy atom. The summed E-state index contributed by atoms with van der Waals surface area (Å²) in [5, 5.41) is 14.2. The highest BCUT2D eigenvalue weighted by molar-refractivity contribution is 5.94. The fraction of sp³-hybridized carbons (Fsp3) is 0.412. The monoisotopic (exact) mass is 278 g/mol. The van der Waals surface area contributed by atoms with E-state index in [1.807, 2.05) is 18.2 Å². The van der Waals surface area contributed by atoms with Gasteiger partial charge in [0.15, 0.2) is 0 Å². The number of hydrogen-bond donors (Lipinski definition) is 1. The summed E-state index contributed by atoms with van der Waals surface area (Å²) in [6, 6.07) is 11.1. The van der Waals surface area contributed by atoms with E-state index in [0.717, 1.165) is 42.6 Å². The summed E-state index contributed by atoms with van der Waals surface area (Å²) in [5.74, 6) is 0.706. The van der Waals surface area contributed by atoms with Gasteiger partial charge in [0.2, 0.25) is 0 Å². The second-order valence-corrected chi connectivity index (χ2v) is 5.99. The molecule has 1 N–H and O–H groups in total. The van der Waals surface area contributed by atoms with E-state index in [1.54, 1.807) is 6.20 Å².